The summed E-state index contributed by atoms with van der Waals surface area (Å²) in [5, 5.41) is 0. The summed E-state index contributed by atoms with van der Waals surface area (Å²) >= 11 is 0. The van der Waals surface area contributed by atoms with Gasteiger partial charge in [-0.3, -0.25) is 9.59 Å². The van der Waals surface area contributed by atoms with Gasteiger partial charge in [0.2, 0.25) is 11.9 Å². The van der Waals surface area contributed by atoms with Crippen LogP contribution in [0.15, 0.2) is 54.6 Å². The Morgan fingerprint density at radius 3 is 2.48 bits per heavy atom. The van der Waals surface area contributed by atoms with E-state index in [-0.39, 0.29) is 30.5 Å². The van der Waals surface area contributed by atoms with Crippen LogP contribution in [0.3, 0.4) is 0 Å². The molecular weight excluding hydrogens is 418 g/mol. The fraction of sp³-hybridized carbons (Fsp3) is 0.440. The molecule has 5 rings (SSSR count). The van der Waals surface area contributed by atoms with Crippen LogP contribution in [0.1, 0.15) is 31.2 Å². The molecule has 0 N–H and O–H groups in total. The lowest BCUT2D eigenvalue weighted by Crippen LogP contribution is -2.58. The quantitative estimate of drug-likeness (QED) is 0.670. The Balaban J connectivity index is 1.28. The van der Waals surface area contributed by atoms with Crippen molar-refractivity contribution < 1.29 is 14.3 Å². The highest BCUT2D eigenvalue weighted by Crippen LogP contribution is 2.33. The second kappa shape index (κ2) is 9.60. The molecule has 1 aliphatic carbocycles. The number of amides is 2. The van der Waals surface area contributed by atoms with Crippen molar-refractivity contribution in [2.75, 3.05) is 37.6 Å². The predicted octanol–water partition coefficient (Wildman–Crippen LogP) is 2.34. The lowest BCUT2D eigenvalue weighted by molar-refractivity contribution is -0.154. The molecule has 0 spiro atoms. The first-order valence-corrected chi connectivity index (χ1v) is 11.7. The number of ether oxygens (including phenoxy) is 1. The van der Waals surface area contributed by atoms with Gasteiger partial charge in [0.25, 0.3) is 5.91 Å². The van der Waals surface area contributed by atoms with Crippen LogP contribution in [0.25, 0.3) is 6.08 Å². The van der Waals surface area contributed by atoms with Crippen LogP contribution in [0.4, 0.5) is 5.95 Å². The van der Waals surface area contributed by atoms with Gasteiger partial charge in [-0.2, -0.15) is 0 Å². The number of rotatable bonds is 4. The molecule has 8 heteroatoms. The number of piperazine rings is 1. The number of benzene rings is 1. The maximum atomic E-state index is 13.4. The van der Waals surface area contributed by atoms with Gasteiger partial charge in [-0.05, 0) is 37.0 Å². The SMILES string of the molecule is O=C(CN1C(=O)/C(=C\c2ccccc2)OC2CCCCC21)N1CCN(c2ncccn2)CC1. The van der Waals surface area contributed by atoms with Crippen LogP contribution in [0, 0.1) is 0 Å². The number of carbonyl (C=O) groups is 2. The summed E-state index contributed by atoms with van der Waals surface area (Å²) in [4.78, 5) is 40.9. The Bertz CT molecular complexity index is 1010. The van der Waals surface area contributed by atoms with Crippen LogP contribution in [-0.2, 0) is 14.3 Å². The zero-order valence-electron chi connectivity index (χ0n) is 18.7. The average Bonchev–Trinajstić information content (AvgIpc) is 2.87. The van der Waals surface area contributed by atoms with Crippen molar-refractivity contribution in [1.82, 2.24) is 19.8 Å². The maximum absolute atomic E-state index is 13.4. The minimum atomic E-state index is -0.188. The predicted molar refractivity (Wildman–Crippen MR) is 124 cm³/mol. The van der Waals surface area contributed by atoms with Gasteiger partial charge in [0.05, 0.1) is 6.04 Å². The van der Waals surface area contributed by atoms with Crippen molar-refractivity contribution in [2.45, 2.75) is 37.8 Å². The smallest absolute Gasteiger partial charge is 0.289 e. The first-order chi connectivity index (χ1) is 16.2. The number of hydrogen-bond acceptors (Lipinski definition) is 6. The third-order valence-corrected chi connectivity index (χ3v) is 6.69. The summed E-state index contributed by atoms with van der Waals surface area (Å²) in [6.07, 6.45) is 9.12. The molecule has 3 aliphatic rings. The molecule has 3 heterocycles. The molecule has 1 aromatic heterocycles. The summed E-state index contributed by atoms with van der Waals surface area (Å²) in [6.45, 7) is 2.64. The highest BCUT2D eigenvalue weighted by atomic mass is 16.5. The molecule has 33 heavy (non-hydrogen) atoms. The normalized spacial score (nSPS) is 24.4. The molecule has 0 radical (unpaired) electrons. The molecule has 172 valence electrons. The van der Waals surface area contributed by atoms with Crippen LogP contribution < -0.4 is 4.90 Å². The van der Waals surface area contributed by atoms with Gasteiger partial charge in [-0.1, -0.05) is 36.8 Å². The largest absolute Gasteiger partial charge is 0.482 e. The van der Waals surface area contributed by atoms with Crippen LogP contribution in [-0.4, -0.2) is 76.5 Å². The molecular formula is C25H29N5O3. The van der Waals surface area contributed by atoms with Crippen molar-refractivity contribution in [3.63, 3.8) is 0 Å². The molecule has 2 saturated heterocycles. The molecule has 1 saturated carbocycles. The van der Waals surface area contributed by atoms with Gasteiger partial charge in [0.1, 0.15) is 12.6 Å². The minimum absolute atomic E-state index is 0.0118. The van der Waals surface area contributed by atoms with Crippen LogP contribution in [0.2, 0.25) is 0 Å². The Hall–Kier alpha value is -3.42. The lowest BCUT2D eigenvalue weighted by Gasteiger charge is -2.45. The van der Waals surface area contributed by atoms with E-state index in [4.69, 9.17) is 4.74 Å². The second-order valence-corrected chi connectivity index (χ2v) is 8.78. The molecule has 2 aromatic rings. The van der Waals surface area contributed by atoms with E-state index in [1.54, 1.807) is 29.4 Å². The fourth-order valence-electron chi connectivity index (χ4n) is 4.92. The van der Waals surface area contributed by atoms with Crippen molar-refractivity contribution in [3.8, 4) is 0 Å². The summed E-state index contributed by atoms with van der Waals surface area (Å²) < 4.78 is 6.15. The molecule has 2 atom stereocenters. The van der Waals surface area contributed by atoms with E-state index < -0.39 is 0 Å². The van der Waals surface area contributed by atoms with E-state index in [9.17, 15) is 9.59 Å². The van der Waals surface area contributed by atoms with Gasteiger partial charge in [-0.15, -0.1) is 0 Å². The lowest BCUT2D eigenvalue weighted by atomic mass is 9.89. The zero-order chi connectivity index (χ0) is 22.6. The first kappa shape index (κ1) is 21.4. The topological polar surface area (TPSA) is 78.9 Å². The molecule has 0 bridgehead atoms. The third-order valence-electron chi connectivity index (χ3n) is 6.69. The second-order valence-electron chi connectivity index (χ2n) is 8.78. The Morgan fingerprint density at radius 2 is 1.73 bits per heavy atom. The van der Waals surface area contributed by atoms with E-state index >= 15 is 0 Å². The summed E-state index contributed by atoms with van der Waals surface area (Å²) in [5.41, 5.74) is 0.917. The molecule has 2 amide bonds. The van der Waals surface area contributed by atoms with Crippen LogP contribution in [0.5, 0.6) is 0 Å². The Kier molecular flexibility index (Phi) is 6.24. The number of anilines is 1. The van der Waals surface area contributed by atoms with Crippen molar-refractivity contribution in [2.24, 2.45) is 0 Å². The highest BCUT2D eigenvalue weighted by Gasteiger charge is 2.42. The van der Waals surface area contributed by atoms with Crippen molar-refractivity contribution in [1.29, 1.82) is 0 Å². The summed E-state index contributed by atoms with van der Waals surface area (Å²) in [6, 6.07) is 11.5. The van der Waals surface area contributed by atoms with Gasteiger partial charge >= 0.3 is 0 Å². The number of morpholine rings is 1. The van der Waals surface area contributed by atoms with Gasteiger partial charge < -0.3 is 19.4 Å². The Morgan fingerprint density at radius 1 is 1.00 bits per heavy atom. The standard InChI is InChI=1S/C25H29N5O3/c31-23(28-13-15-29(16-14-28)25-26-11-6-12-27-25)18-30-20-9-4-5-10-21(20)33-22(24(30)32)17-19-7-2-1-3-8-19/h1-3,6-8,11-12,17,20-21H,4-5,9-10,13-16,18H2/b22-17+. The first-order valence-electron chi connectivity index (χ1n) is 11.7. The summed E-state index contributed by atoms with van der Waals surface area (Å²) in [7, 11) is 0. The zero-order valence-corrected chi connectivity index (χ0v) is 18.7. The molecule has 2 unspecified atom stereocenters. The van der Waals surface area contributed by atoms with Gasteiger partial charge in [0.15, 0.2) is 5.76 Å². The number of aromatic nitrogens is 2. The molecule has 2 aliphatic heterocycles. The summed E-state index contributed by atoms with van der Waals surface area (Å²) in [5.74, 6) is 0.825. The van der Waals surface area contributed by atoms with E-state index in [0.717, 1.165) is 31.2 Å². The molecule has 8 nitrogen and oxygen atoms in total. The number of fused-ring (bicyclic) bond motifs is 1. The minimum Gasteiger partial charge on any atom is -0.482 e. The van der Waals surface area contributed by atoms with Crippen molar-refractivity contribution >= 4 is 23.8 Å². The number of carbonyl (C=O) groups excluding carboxylic acids is 2. The third kappa shape index (κ3) is 4.69. The highest BCUT2D eigenvalue weighted by molar-refractivity contribution is 5.98. The van der Waals surface area contributed by atoms with Gasteiger partial charge in [-0.25, -0.2) is 9.97 Å². The van der Waals surface area contributed by atoms with E-state index in [1.165, 1.54) is 0 Å². The van der Waals surface area contributed by atoms with E-state index in [0.29, 0.717) is 37.9 Å². The molecule has 3 fully saturated rings. The van der Waals surface area contributed by atoms with E-state index in [1.807, 2.05) is 35.2 Å². The Labute approximate surface area is 193 Å². The van der Waals surface area contributed by atoms with Crippen LogP contribution >= 0.6 is 0 Å². The monoisotopic (exact) mass is 447 g/mol. The maximum Gasteiger partial charge on any atom is 0.289 e. The number of hydrogen-bond donors (Lipinski definition) is 0. The van der Waals surface area contributed by atoms with Gasteiger partial charge in [0, 0.05) is 38.6 Å². The van der Waals surface area contributed by atoms with E-state index in [2.05, 4.69) is 14.9 Å². The fourth-order valence-corrected chi connectivity index (χ4v) is 4.92. The molecule has 1 aromatic carbocycles. The van der Waals surface area contributed by atoms with Crippen molar-refractivity contribution in [3.05, 3.63) is 60.1 Å². The average molecular weight is 448 g/mol. The number of nitrogens with zero attached hydrogens (tertiary/aromatic N) is 5.